The normalized spacial score (nSPS) is 15.4. The van der Waals surface area contributed by atoms with E-state index in [0.29, 0.717) is 19.0 Å². The fraction of sp³-hybridized carbons (Fsp3) is 0.286. The van der Waals surface area contributed by atoms with Crippen molar-refractivity contribution in [3.8, 4) is 22.9 Å². The maximum Gasteiger partial charge on any atom is 0.163 e. The van der Waals surface area contributed by atoms with Crippen LogP contribution in [0.15, 0.2) is 48.8 Å². The van der Waals surface area contributed by atoms with Crippen molar-refractivity contribution in [2.75, 3.05) is 25.1 Å². The molecule has 6 heteroatoms. The molecule has 0 aliphatic carbocycles. The molecule has 1 aliphatic heterocycles. The smallest absolute Gasteiger partial charge is 0.163 e. The quantitative estimate of drug-likeness (QED) is 0.709. The van der Waals surface area contributed by atoms with Crippen LogP contribution in [0.4, 0.5) is 5.82 Å². The van der Waals surface area contributed by atoms with Crippen molar-refractivity contribution >= 4 is 5.82 Å². The van der Waals surface area contributed by atoms with Crippen LogP contribution in [0.1, 0.15) is 11.3 Å². The van der Waals surface area contributed by atoms with Crippen molar-refractivity contribution in [1.29, 1.82) is 0 Å². The van der Waals surface area contributed by atoms with Crippen LogP contribution in [0.25, 0.3) is 11.4 Å². The zero-order chi connectivity index (χ0) is 18.8. The molecule has 1 unspecified atom stereocenters. The van der Waals surface area contributed by atoms with Gasteiger partial charge in [0.25, 0.3) is 0 Å². The highest BCUT2D eigenvalue weighted by Gasteiger charge is 2.23. The highest BCUT2D eigenvalue weighted by atomic mass is 16.6. The van der Waals surface area contributed by atoms with Gasteiger partial charge < -0.3 is 14.4 Å². The summed E-state index contributed by atoms with van der Waals surface area (Å²) in [4.78, 5) is 15.7. The predicted octanol–water partition coefficient (Wildman–Crippen LogP) is 3.43. The average molecular weight is 362 g/mol. The molecule has 0 bridgehead atoms. The number of aromatic nitrogens is 3. The van der Waals surface area contributed by atoms with E-state index in [0.717, 1.165) is 34.1 Å². The number of likely N-dealkylation sites (N-methyl/N-ethyl adjacent to an activating group) is 1. The number of aryl methyl sites for hydroxylation is 1. The van der Waals surface area contributed by atoms with Gasteiger partial charge in [-0.25, -0.2) is 9.97 Å². The van der Waals surface area contributed by atoms with E-state index in [-0.39, 0.29) is 6.10 Å². The van der Waals surface area contributed by atoms with Crippen LogP contribution in [0, 0.1) is 13.8 Å². The summed E-state index contributed by atoms with van der Waals surface area (Å²) in [6.45, 7) is 5.23. The van der Waals surface area contributed by atoms with E-state index < -0.39 is 0 Å². The maximum atomic E-state index is 6.09. The molecule has 4 rings (SSSR count). The molecule has 0 saturated heterocycles. The fourth-order valence-electron chi connectivity index (χ4n) is 3.15. The zero-order valence-corrected chi connectivity index (χ0v) is 15.7. The van der Waals surface area contributed by atoms with Gasteiger partial charge in [0.05, 0.1) is 6.54 Å². The van der Waals surface area contributed by atoms with Gasteiger partial charge in [-0.2, -0.15) is 0 Å². The minimum Gasteiger partial charge on any atom is -0.486 e. The summed E-state index contributed by atoms with van der Waals surface area (Å²) in [6.07, 6.45) is 3.46. The monoisotopic (exact) mass is 362 g/mol. The van der Waals surface area contributed by atoms with E-state index >= 15 is 0 Å². The Kier molecular flexibility index (Phi) is 4.62. The lowest BCUT2D eigenvalue weighted by molar-refractivity contribution is 0.0959. The minimum atomic E-state index is -0.0681. The Balaban J connectivity index is 1.57. The topological polar surface area (TPSA) is 60.4 Å². The van der Waals surface area contributed by atoms with Crippen LogP contribution in [-0.4, -0.2) is 41.3 Å². The van der Waals surface area contributed by atoms with Crippen molar-refractivity contribution in [3.05, 3.63) is 60.0 Å². The molecule has 3 aromatic rings. The third-order valence-corrected chi connectivity index (χ3v) is 4.69. The molecule has 0 radical (unpaired) electrons. The van der Waals surface area contributed by atoms with E-state index in [1.807, 2.05) is 57.3 Å². The van der Waals surface area contributed by atoms with Gasteiger partial charge in [0, 0.05) is 36.3 Å². The molecule has 0 amide bonds. The number of rotatable bonds is 4. The number of benzene rings is 1. The molecule has 138 valence electrons. The Morgan fingerprint density at radius 3 is 2.67 bits per heavy atom. The highest BCUT2D eigenvalue weighted by molar-refractivity contribution is 5.59. The van der Waals surface area contributed by atoms with Gasteiger partial charge in [-0.3, -0.25) is 4.98 Å². The number of fused-ring (bicyclic) bond motifs is 1. The Hall–Kier alpha value is -3.15. The lowest BCUT2D eigenvalue weighted by atomic mass is 10.2. The van der Waals surface area contributed by atoms with Crippen LogP contribution in [0.3, 0.4) is 0 Å². The van der Waals surface area contributed by atoms with Crippen LogP contribution < -0.4 is 14.4 Å². The minimum absolute atomic E-state index is 0.0681. The third-order valence-electron chi connectivity index (χ3n) is 4.69. The van der Waals surface area contributed by atoms with Gasteiger partial charge in [0.1, 0.15) is 12.4 Å². The van der Waals surface area contributed by atoms with Gasteiger partial charge in [0.15, 0.2) is 23.4 Å². The molecule has 3 heterocycles. The maximum absolute atomic E-state index is 6.09. The summed E-state index contributed by atoms with van der Waals surface area (Å²) in [6, 6.07) is 11.6. The van der Waals surface area contributed by atoms with Crippen molar-refractivity contribution in [1.82, 2.24) is 15.0 Å². The molecule has 2 aromatic heterocycles. The van der Waals surface area contributed by atoms with E-state index in [4.69, 9.17) is 14.5 Å². The summed E-state index contributed by atoms with van der Waals surface area (Å²) in [5.74, 6) is 3.15. The van der Waals surface area contributed by atoms with E-state index in [2.05, 4.69) is 14.9 Å². The average Bonchev–Trinajstić information content (AvgIpc) is 2.70. The van der Waals surface area contributed by atoms with Crippen LogP contribution in [0.2, 0.25) is 0 Å². The largest absolute Gasteiger partial charge is 0.486 e. The summed E-state index contributed by atoms with van der Waals surface area (Å²) < 4.78 is 11.9. The molecule has 6 nitrogen and oxygen atoms in total. The second-order valence-electron chi connectivity index (χ2n) is 6.70. The standard InChI is InChI=1S/C21H22N4O2/c1-14-15(2)23-20(16-7-6-10-22-11-16)24-21(14)25(3)12-17-13-26-18-8-4-5-9-19(18)27-17/h4-11,17H,12-13H2,1-3H3. The molecular formula is C21H22N4O2. The molecule has 27 heavy (non-hydrogen) atoms. The van der Waals surface area contributed by atoms with Gasteiger partial charge in [0.2, 0.25) is 0 Å². The number of ether oxygens (including phenoxy) is 2. The van der Waals surface area contributed by atoms with Crippen LogP contribution >= 0.6 is 0 Å². The first kappa shape index (κ1) is 17.3. The first-order valence-electron chi connectivity index (χ1n) is 8.97. The second kappa shape index (κ2) is 7.23. The Bertz CT molecular complexity index is 946. The number of pyridine rings is 1. The number of nitrogens with zero attached hydrogens (tertiary/aromatic N) is 4. The summed E-state index contributed by atoms with van der Waals surface area (Å²) in [5, 5.41) is 0. The Morgan fingerprint density at radius 1 is 1.07 bits per heavy atom. The summed E-state index contributed by atoms with van der Waals surface area (Å²) in [7, 11) is 2.02. The first-order chi connectivity index (χ1) is 13.1. The van der Waals surface area contributed by atoms with Gasteiger partial charge >= 0.3 is 0 Å². The predicted molar refractivity (Wildman–Crippen MR) is 104 cm³/mol. The lowest BCUT2D eigenvalue weighted by Crippen LogP contribution is -2.40. The van der Waals surface area contributed by atoms with Gasteiger partial charge in [-0.1, -0.05) is 12.1 Å². The van der Waals surface area contributed by atoms with E-state index in [9.17, 15) is 0 Å². The van der Waals surface area contributed by atoms with Crippen molar-refractivity contribution in [3.63, 3.8) is 0 Å². The summed E-state index contributed by atoms with van der Waals surface area (Å²) >= 11 is 0. The molecule has 0 N–H and O–H groups in total. The molecule has 1 aliphatic rings. The second-order valence-corrected chi connectivity index (χ2v) is 6.70. The van der Waals surface area contributed by atoms with Crippen molar-refractivity contribution < 1.29 is 9.47 Å². The number of anilines is 1. The lowest BCUT2D eigenvalue weighted by Gasteiger charge is -2.30. The number of hydrogen-bond donors (Lipinski definition) is 0. The van der Waals surface area contributed by atoms with Crippen LogP contribution in [0.5, 0.6) is 11.5 Å². The van der Waals surface area contributed by atoms with E-state index in [1.54, 1.807) is 12.4 Å². The number of hydrogen-bond acceptors (Lipinski definition) is 6. The van der Waals surface area contributed by atoms with Crippen LogP contribution in [-0.2, 0) is 0 Å². The molecule has 0 saturated carbocycles. The zero-order valence-electron chi connectivity index (χ0n) is 15.7. The SMILES string of the molecule is Cc1nc(-c2cccnc2)nc(N(C)CC2COc3ccccc3O2)c1C. The summed E-state index contributed by atoms with van der Waals surface area (Å²) in [5.41, 5.74) is 2.92. The molecule has 0 fully saturated rings. The number of para-hydroxylation sites is 2. The highest BCUT2D eigenvalue weighted by Crippen LogP contribution is 2.31. The molecule has 1 aromatic carbocycles. The molecular weight excluding hydrogens is 340 g/mol. The Labute approximate surface area is 158 Å². The third kappa shape index (κ3) is 3.56. The van der Waals surface area contributed by atoms with Gasteiger partial charge in [-0.15, -0.1) is 0 Å². The fourth-order valence-corrected chi connectivity index (χ4v) is 3.15. The molecule has 1 atom stereocenters. The van der Waals surface area contributed by atoms with E-state index in [1.165, 1.54) is 0 Å². The van der Waals surface area contributed by atoms with Crippen molar-refractivity contribution in [2.24, 2.45) is 0 Å². The molecule has 0 spiro atoms. The first-order valence-corrected chi connectivity index (χ1v) is 8.97. The van der Waals surface area contributed by atoms with Crippen molar-refractivity contribution in [2.45, 2.75) is 20.0 Å². The van der Waals surface area contributed by atoms with Gasteiger partial charge in [-0.05, 0) is 38.1 Å². The Morgan fingerprint density at radius 2 is 1.89 bits per heavy atom.